The molecule has 0 radical (unpaired) electrons. The molecule has 0 saturated heterocycles. The largest absolute Gasteiger partial charge is 0.507 e. The fourth-order valence-electron chi connectivity index (χ4n) is 5.20. The predicted octanol–water partition coefficient (Wildman–Crippen LogP) is 9.61. The minimum absolute atomic E-state index is 0.00181. The van der Waals surface area contributed by atoms with Crippen LogP contribution in [0.5, 0.6) is 40.5 Å². The van der Waals surface area contributed by atoms with E-state index in [1.807, 2.05) is 0 Å². The van der Waals surface area contributed by atoms with Gasteiger partial charge in [0.25, 0.3) is 0 Å². The first-order chi connectivity index (χ1) is 22.9. The van der Waals surface area contributed by atoms with Crippen molar-refractivity contribution in [2.24, 2.45) is 11.8 Å². The quantitative estimate of drug-likeness (QED) is 0.103. The maximum absolute atomic E-state index is 11.1. The number of ether oxygens (including phenoxy) is 4. The number of nitrogens with zero attached hydrogens (tertiary/aromatic N) is 3. The van der Waals surface area contributed by atoms with E-state index in [2.05, 4.69) is 42.6 Å². The second-order valence-electron chi connectivity index (χ2n) is 11.9. The smallest absolute Gasteiger partial charge is 0.326 e. The van der Waals surface area contributed by atoms with Crippen LogP contribution < -0.4 is 18.9 Å². The third-order valence-corrected chi connectivity index (χ3v) is 8.36. The number of aromatic nitrogens is 3. The lowest BCUT2D eigenvalue weighted by atomic mass is 10.0. The van der Waals surface area contributed by atoms with E-state index in [1.54, 1.807) is 67.8 Å². The molecule has 0 spiro atoms. The molecule has 0 amide bonds. The number of benzene rings is 3. The Morgan fingerprint density at radius 2 is 1.04 bits per heavy atom. The van der Waals surface area contributed by atoms with Crippen molar-refractivity contribution >= 4 is 0 Å². The lowest BCUT2D eigenvalue weighted by molar-refractivity contribution is 0.232. The molecule has 1 aromatic heterocycles. The Bertz CT molecular complexity index is 1460. The Morgan fingerprint density at radius 3 is 1.45 bits per heavy atom. The van der Waals surface area contributed by atoms with Gasteiger partial charge in [0, 0.05) is 12.1 Å². The van der Waals surface area contributed by atoms with Crippen LogP contribution in [0, 0.1) is 11.8 Å². The van der Waals surface area contributed by atoms with Crippen molar-refractivity contribution in [3.05, 3.63) is 60.7 Å². The lowest BCUT2D eigenvalue weighted by Crippen LogP contribution is -2.11. The molecule has 0 aliphatic rings. The highest BCUT2D eigenvalue weighted by Crippen LogP contribution is 2.36. The highest BCUT2D eigenvalue weighted by atomic mass is 16.5. The van der Waals surface area contributed by atoms with E-state index in [4.69, 9.17) is 18.9 Å². The second kappa shape index (κ2) is 18.0. The predicted molar refractivity (Wildman–Crippen MR) is 185 cm³/mol. The van der Waals surface area contributed by atoms with Gasteiger partial charge < -0.3 is 29.2 Å². The molecule has 0 bridgehead atoms. The third-order valence-electron chi connectivity index (χ3n) is 8.36. The Kier molecular flexibility index (Phi) is 13.5. The molecular formula is C38H49N3O6. The molecule has 4 rings (SSSR count). The molecule has 0 fully saturated rings. The van der Waals surface area contributed by atoms with Gasteiger partial charge in [-0.15, -0.1) is 0 Å². The number of phenols is 2. The zero-order valence-corrected chi connectivity index (χ0v) is 28.4. The average molecular weight is 644 g/mol. The SMILES string of the molecule is CCCCC(CC)COc1ccc(-c2nc(Oc3ccc(OC)cc3)nc(-c3ccc(OCC(CC)CCCC)cc3O)n2)c(O)c1. The van der Waals surface area contributed by atoms with E-state index < -0.39 is 0 Å². The molecule has 4 aromatic rings. The molecule has 9 nitrogen and oxygen atoms in total. The van der Waals surface area contributed by atoms with E-state index in [-0.39, 0.29) is 29.2 Å². The summed E-state index contributed by atoms with van der Waals surface area (Å²) in [5.74, 6) is 3.49. The van der Waals surface area contributed by atoms with E-state index in [0.717, 1.165) is 38.5 Å². The average Bonchev–Trinajstić information content (AvgIpc) is 3.08. The van der Waals surface area contributed by atoms with Gasteiger partial charge in [0.15, 0.2) is 11.6 Å². The Balaban J connectivity index is 1.63. The van der Waals surface area contributed by atoms with Crippen molar-refractivity contribution < 1.29 is 29.2 Å². The summed E-state index contributed by atoms with van der Waals surface area (Å²) in [5.41, 5.74) is 0.742. The minimum atomic E-state index is -0.0434. The number of aromatic hydroxyl groups is 2. The van der Waals surface area contributed by atoms with Crippen molar-refractivity contribution in [1.82, 2.24) is 15.0 Å². The van der Waals surface area contributed by atoms with E-state index in [9.17, 15) is 10.2 Å². The summed E-state index contributed by atoms with van der Waals surface area (Å²) in [7, 11) is 1.59. The Hall–Kier alpha value is -4.53. The zero-order valence-electron chi connectivity index (χ0n) is 28.4. The highest BCUT2D eigenvalue weighted by molar-refractivity contribution is 5.70. The number of unbranched alkanes of at least 4 members (excludes halogenated alkanes) is 2. The van der Waals surface area contributed by atoms with Crippen LogP contribution in [-0.4, -0.2) is 45.5 Å². The molecule has 47 heavy (non-hydrogen) atoms. The standard InChI is InChI=1S/C38H49N3O6/c1-6-10-12-26(8-3)24-45-30-18-20-32(34(42)22-30)36-39-37(41-38(40-36)47-29-16-14-28(44-5)15-17-29)33-21-19-31(23-35(33)43)46-25-27(9-4)13-11-7-2/h14-23,26-27,42-43H,6-13,24-25H2,1-5H3. The number of phenolic OH excluding ortho intramolecular Hbond substituents is 2. The van der Waals surface area contributed by atoms with Crippen molar-refractivity contribution in [2.75, 3.05) is 20.3 Å². The van der Waals surface area contributed by atoms with Crippen LogP contribution >= 0.6 is 0 Å². The Labute approximate surface area is 279 Å². The fourth-order valence-corrected chi connectivity index (χ4v) is 5.20. The van der Waals surface area contributed by atoms with Gasteiger partial charge in [0.05, 0.1) is 31.5 Å². The molecule has 0 aliphatic carbocycles. The summed E-state index contributed by atoms with van der Waals surface area (Å²) >= 11 is 0. The lowest BCUT2D eigenvalue weighted by Gasteiger charge is -2.16. The summed E-state index contributed by atoms with van der Waals surface area (Å²) in [4.78, 5) is 13.7. The van der Waals surface area contributed by atoms with Gasteiger partial charge >= 0.3 is 6.01 Å². The van der Waals surface area contributed by atoms with E-state index in [0.29, 0.717) is 59.2 Å². The number of hydrogen-bond donors (Lipinski definition) is 2. The van der Waals surface area contributed by atoms with Gasteiger partial charge in [-0.3, -0.25) is 0 Å². The van der Waals surface area contributed by atoms with E-state index in [1.165, 1.54) is 12.8 Å². The van der Waals surface area contributed by atoms with Crippen molar-refractivity contribution in [3.63, 3.8) is 0 Å². The normalized spacial score (nSPS) is 12.4. The maximum Gasteiger partial charge on any atom is 0.326 e. The number of rotatable bonds is 19. The summed E-state index contributed by atoms with van der Waals surface area (Å²) in [5, 5.41) is 22.2. The highest BCUT2D eigenvalue weighted by Gasteiger charge is 2.19. The van der Waals surface area contributed by atoms with Gasteiger partial charge in [-0.25, -0.2) is 4.98 Å². The first-order valence-corrected chi connectivity index (χ1v) is 16.9. The van der Waals surface area contributed by atoms with Gasteiger partial charge in [-0.2, -0.15) is 9.97 Å². The second-order valence-corrected chi connectivity index (χ2v) is 11.9. The summed E-state index contributed by atoms with van der Waals surface area (Å²) in [6.45, 7) is 9.88. The van der Waals surface area contributed by atoms with Gasteiger partial charge in [-0.1, -0.05) is 66.2 Å². The molecule has 1 heterocycles. The molecule has 0 saturated carbocycles. The molecule has 9 heteroatoms. The molecule has 2 N–H and O–H groups in total. The van der Waals surface area contributed by atoms with Crippen molar-refractivity contribution in [3.8, 4) is 63.3 Å². The van der Waals surface area contributed by atoms with Gasteiger partial charge in [0.1, 0.15) is 34.5 Å². The van der Waals surface area contributed by atoms with Gasteiger partial charge in [-0.05, 0) is 73.2 Å². The van der Waals surface area contributed by atoms with Crippen LogP contribution in [0.15, 0.2) is 60.7 Å². The molecule has 3 aromatic carbocycles. The Morgan fingerprint density at radius 1 is 0.596 bits per heavy atom. The van der Waals surface area contributed by atoms with Crippen LogP contribution in [-0.2, 0) is 0 Å². The summed E-state index contributed by atoms with van der Waals surface area (Å²) in [6.07, 6.45) is 8.92. The minimum Gasteiger partial charge on any atom is -0.507 e. The molecule has 0 aliphatic heterocycles. The topological polar surface area (TPSA) is 116 Å². The number of methoxy groups -OCH3 is 1. The van der Waals surface area contributed by atoms with Crippen LogP contribution in [0.2, 0.25) is 0 Å². The van der Waals surface area contributed by atoms with Crippen LogP contribution in [0.25, 0.3) is 22.8 Å². The van der Waals surface area contributed by atoms with Crippen LogP contribution in [0.1, 0.15) is 79.1 Å². The number of hydrogen-bond acceptors (Lipinski definition) is 9. The van der Waals surface area contributed by atoms with Crippen molar-refractivity contribution in [2.45, 2.75) is 79.1 Å². The maximum atomic E-state index is 11.1. The summed E-state index contributed by atoms with van der Waals surface area (Å²) < 4.78 is 23.3. The van der Waals surface area contributed by atoms with Crippen LogP contribution in [0.3, 0.4) is 0 Å². The van der Waals surface area contributed by atoms with E-state index >= 15 is 0 Å². The monoisotopic (exact) mass is 643 g/mol. The first-order valence-electron chi connectivity index (χ1n) is 16.9. The summed E-state index contributed by atoms with van der Waals surface area (Å²) in [6, 6.07) is 17.2. The molecular weight excluding hydrogens is 594 g/mol. The molecule has 252 valence electrons. The van der Waals surface area contributed by atoms with Gasteiger partial charge in [0.2, 0.25) is 0 Å². The first kappa shape index (κ1) is 35.3. The zero-order chi connectivity index (χ0) is 33.6. The fraction of sp³-hybridized carbons (Fsp3) is 0.447. The van der Waals surface area contributed by atoms with Crippen LogP contribution in [0.4, 0.5) is 0 Å². The third kappa shape index (κ3) is 10.2. The molecule has 2 atom stereocenters. The molecule has 2 unspecified atom stereocenters. The van der Waals surface area contributed by atoms with Crippen molar-refractivity contribution in [1.29, 1.82) is 0 Å².